The van der Waals surface area contributed by atoms with Gasteiger partial charge in [0.1, 0.15) is 6.61 Å². The van der Waals surface area contributed by atoms with E-state index in [-0.39, 0.29) is 0 Å². The number of methoxy groups -OCH3 is 1. The minimum atomic E-state index is -0.941. The molecule has 1 N–H and O–H groups in total. The molecule has 0 saturated carbocycles. The summed E-state index contributed by atoms with van der Waals surface area (Å²) in [5.41, 5.74) is 7.48. The molecule has 2 aromatic carbocycles. The van der Waals surface area contributed by atoms with Gasteiger partial charge >= 0.3 is 5.97 Å². The Bertz CT molecular complexity index is 1590. The number of benzene rings is 2. The number of nitrogens with zero attached hydrogens (tertiary/aromatic N) is 4. The van der Waals surface area contributed by atoms with Crippen molar-refractivity contribution in [3.63, 3.8) is 0 Å². The second-order valence-electron chi connectivity index (χ2n) is 11.8. The molecular formula is C33H41N5O4. The van der Waals surface area contributed by atoms with Gasteiger partial charge in [-0.15, -0.1) is 0 Å². The summed E-state index contributed by atoms with van der Waals surface area (Å²) in [6.45, 7) is 14.8. The Kier molecular flexibility index (Phi) is 8.25. The van der Waals surface area contributed by atoms with Crippen molar-refractivity contribution in [1.29, 1.82) is 0 Å². The van der Waals surface area contributed by atoms with Gasteiger partial charge < -0.3 is 29.0 Å². The summed E-state index contributed by atoms with van der Waals surface area (Å²) >= 11 is 0. The predicted octanol–water partition coefficient (Wildman–Crippen LogP) is 5.80. The summed E-state index contributed by atoms with van der Waals surface area (Å²) in [5.74, 6) is 0.753. The average Bonchev–Trinajstić information content (AvgIpc) is 3.30. The Morgan fingerprint density at radius 1 is 1.07 bits per heavy atom. The van der Waals surface area contributed by atoms with Gasteiger partial charge in [-0.05, 0) is 71.3 Å². The van der Waals surface area contributed by atoms with Crippen LogP contribution in [-0.4, -0.2) is 60.0 Å². The number of esters is 1. The first-order valence-corrected chi connectivity index (χ1v) is 14.4. The van der Waals surface area contributed by atoms with Crippen LogP contribution in [0.3, 0.4) is 0 Å². The fraction of sp³-hybridized carbons (Fsp3) is 0.424. The summed E-state index contributed by atoms with van der Waals surface area (Å²) in [4.78, 5) is 25.0. The fourth-order valence-corrected chi connectivity index (χ4v) is 5.73. The molecule has 1 aliphatic heterocycles. The van der Waals surface area contributed by atoms with Crippen LogP contribution in [-0.2, 0) is 20.8 Å². The van der Waals surface area contributed by atoms with E-state index in [4.69, 9.17) is 24.2 Å². The summed E-state index contributed by atoms with van der Waals surface area (Å²) in [7, 11) is 3.29. The minimum absolute atomic E-state index is 0.439. The summed E-state index contributed by atoms with van der Waals surface area (Å²) in [5, 5.41) is 4.12. The molecule has 4 aromatic rings. The molecule has 0 spiro atoms. The molecule has 9 heteroatoms. The Hall–Kier alpha value is -3.95. The first kappa shape index (κ1) is 29.5. The molecule has 0 aliphatic carbocycles. The number of hydrogen-bond acceptors (Lipinski definition) is 8. The van der Waals surface area contributed by atoms with Crippen molar-refractivity contribution in [3.05, 3.63) is 65.1 Å². The van der Waals surface area contributed by atoms with Crippen LogP contribution in [0.1, 0.15) is 49.3 Å². The number of carbonyl (C=O) groups excluding carboxylic acids is 1. The van der Waals surface area contributed by atoms with Gasteiger partial charge in [-0.1, -0.05) is 29.8 Å². The lowest BCUT2D eigenvalue weighted by Gasteiger charge is -2.35. The SMILES string of the molecule is CNCCOc1cnc(N2CCn3c(C)cc4c(-c5ccc(C)cc5)c([C@H](OC(C)(C)C)C(=O)OC)c(C)c2c43)nc1. The molecule has 0 amide bonds. The topological polar surface area (TPSA) is 90.7 Å². The summed E-state index contributed by atoms with van der Waals surface area (Å²) in [6, 6.07) is 10.6. The number of aryl methyl sites for hydroxylation is 2. The molecule has 42 heavy (non-hydrogen) atoms. The molecule has 9 nitrogen and oxygen atoms in total. The molecule has 5 rings (SSSR count). The van der Waals surface area contributed by atoms with E-state index in [1.165, 1.54) is 7.11 Å². The number of hydrogen-bond donors (Lipinski definition) is 1. The quantitative estimate of drug-likeness (QED) is 0.199. The van der Waals surface area contributed by atoms with Gasteiger partial charge in [0.25, 0.3) is 0 Å². The molecule has 3 heterocycles. The van der Waals surface area contributed by atoms with Gasteiger partial charge in [0.2, 0.25) is 5.95 Å². The van der Waals surface area contributed by atoms with Gasteiger partial charge in [0.15, 0.2) is 11.9 Å². The molecule has 0 bridgehead atoms. The molecule has 0 saturated heterocycles. The van der Waals surface area contributed by atoms with Crippen molar-refractivity contribution in [2.45, 2.75) is 59.8 Å². The number of nitrogens with one attached hydrogen (secondary N) is 1. The molecule has 0 fully saturated rings. The maximum absolute atomic E-state index is 13.5. The highest BCUT2D eigenvalue weighted by Gasteiger charge is 2.37. The zero-order chi connectivity index (χ0) is 30.2. The van der Waals surface area contributed by atoms with E-state index in [1.54, 1.807) is 12.4 Å². The van der Waals surface area contributed by atoms with E-state index >= 15 is 0 Å². The van der Waals surface area contributed by atoms with E-state index in [1.807, 2.05) is 27.8 Å². The zero-order valence-corrected chi connectivity index (χ0v) is 25.9. The number of aromatic nitrogens is 3. The minimum Gasteiger partial charge on any atom is -0.489 e. The van der Waals surface area contributed by atoms with Crippen LogP contribution in [0.4, 0.5) is 11.6 Å². The smallest absolute Gasteiger partial charge is 0.339 e. The lowest BCUT2D eigenvalue weighted by Crippen LogP contribution is -2.32. The second-order valence-corrected chi connectivity index (χ2v) is 11.8. The normalized spacial score (nSPS) is 13.9. The molecule has 0 unspecified atom stereocenters. The van der Waals surface area contributed by atoms with Gasteiger partial charge in [0, 0.05) is 36.3 Å². The lowest BCUT2D eigenvalue weighted by atomic mass is 9.87. The van der Waals surface area contributed by atoms with Crippen molar-refractivity contribution >= 4 is 28.5 Å². The van der Waals surface area contributed by atoms with Crippen molar-refractivity contribution in [2.24, 2.45) is 0 Å². The highest BCUT2D eigenvalue weighted by Crippen LogP contribution is 2.49. The molecule has 2 aromatic heterocycles. The van der Waals surface area contributed by atoms with Crippen LogP contribution < -0.4 is 15.0 Å². The van der Waals surface area contributed by atoms with Crippen LogP contribution in [0.25, 0.3) is 22.0 Å². The Morgan fingerprint density at radius 3 is 2.38 bits per heavy atom. The monoisotopic (exact) mass is 571 g/mol. The fourth-order valence-electron chi connectivity index (χ4n) is 5.73. The highest BCUT2D eigenvalue weighted by atomic mass is 16.6. The third-order valence-electron chi connectivity index (χ3n) is 7.61. The van der Waals surface area contributed by atoms with Gasteiger partial charge in [-0.25, -0.2) is 14.8 Å². The van der Waals surface area contributed by atoms with Crippen molar-refractivity contribution in [3.8, 4) is 16.9 Å². The first-order valence-electron chi connectivity index (χ1n) is 14.4. The third-order valence-corrected chi connectivity index (χ3v) is 7.61. The zero-order valence-electron chi connectivity index (χ0n) is 25.9. The van der Waals surface area contributed by atoms with E-state index in [9.17, 15) is 4.79 Å². The Morgan fingerprint density at radius 2 is 1.76 bits per heavy atom. The van der Waals surface area contributed by atoms with Crippen molar-refractivity contribution < 1.29 is 19.0 Å². The number of rotatable bonds is 9. The summed E-state index contributed by atoms with van der Waals surface area (Å²) in [6.07, 6.45) is 2.49. The van der Waals surface area contributed by atoms with Crippen LogP contribution in [0.2, 0.25) is 0 Å². The summed E-state index contributed by atoms with van der Waals surface area (Å²) < 4.78 is 20.0. The Labute approximate surface area is 247 Å². The van der Waals surface area contributed by atoms with Gasteiger partial charge in [-0.3, -0.25) is 0 Å². The largest absolute Gasteiger partial charge is 0.489 e. The van der Waals surface area contributed by atoms with Crippen LogP contribution in [0.15, 0.2) is 42.7 Å². The predicted molar refractivity (Wildman–Crippen MR) is 166 cm³/mol. The maximum Gasteiger partial charge on any atom is 0.339 e. The second kappa shape index (κ2) is 11.7. The maximum atomic E-state index is 13.5. The Balaban J connectivity index is 1.78. The van der Waals surface area contributed by atoms with E-state index < -0.39 is 17.7 Å². The molecule has 1 aliphatic rings. The van der Waals surface area contributed by atoms with Crippen LogP contribution in [0.5, 0.6) is 5.75 Å². The standard InChI is InChI=1S/C33H41N5O4/c1-20-9-11-23(12-10-20)27-25-17-21(2)37-14-15-38(32-35-18-24(19-36-32)41-16-13-34-7)28(29(25)37)22(3)26(27)30(31(39)40-8)42-33(4,5)6/h9-12,17-19,30,34H,13-16H2,1-8H3/t30-/m0/s1. The van der Waals surface area contributed by atoms with Crippen molar-refractivity contribution in [1.82, 2.24) is 19.9 Å². The number of ether oxygens (including phenoxy) is 3. The van der Waals surface area contributed by atoms with E-state index in [2.05, 4.69) is 65.9 Å². The number of anilines is 2. The number of carbonyl (C=O) groups is 1. The molecule has 0 radical (unpaired) electrons. The molecular weight excluding hydrogens is 530 g/mol. The molecule has 1 atom stereocenters. The average molecular weight is 572 g/mol. The highest BCUT2D eigenvalue weighted by molar-refractivity contribution is 6.08. The first-order chi connectivity index (χ1) is 20.0. The lowest BCUT2D eigenvalue weighted by molar-refractivity contribution is -0.164. The van der Waals surface area contributed by atoms with E-state index in [0.29, 0.717) is 24.8 Å². The van der Waals surface area contributed by atoms with Crippen LogP contribution in [0, 0.1) is 20.8 Å². The van der Waals surface area contributed by atoms with Crippen LogP contribution >= 0.6 is 0 Å². The molecule has 222 valence electrons. The third kappa shape index (κ3) is 5.58. The van der Waals surface area contributed by atoms with Gasteiger partial charge in [0.05, 0.1) is 36.3 Å². The van der Waals surface area contributed by atoms with E-state index in [0.717, 1.165) is 63.2 Å². The van der Waals surface area contributed by atoms with Crippen molar-refractivity contribution in [2.75, 3.05) is 38.8 Å². The number of likely N-dealkylation sites (N-methyl/N-ethyl adjacent to an activating group) is 1. The van der Waals surface area contributed by atoms with Gasteiger partial charge in [-0.2, -0.15) is 0 Å².